The van der Waals surface area contributed by atoms with E-state index in [1.807, 2.05) is 37.3 Å². The summed E-state index contributed by atoms with van der Waals surface area (Å²) in [5.41, 5.74) is 0.998. The smallest absolute Gasteiger partial charge is 0.227 e. The summed E-state index contributed by atoms with van der Waals surface area (Å²) in [5, 5.41) is 2.86. The molecule has 6 nitrogen and oxygen atoms in total. The highest BCUT2D eigenvalue weighted by molar-refractivity contribution is 5.82. The molecule has 1 aliphatic rings. The molecule has 2 aromatic rings. The summed E-state index contributed by atoms with van der Waals surface area (Å²) in [6, 6.07) is 9.69. The third-order valence-electron chi connectivity index (χ3n) is 4.43. The zero-order valence-corrected chi connectivity index (χ0v) is 14.4. The van der Waals surface area contributed by atoms with Crippen molar-refractivity contribution in [2.24, 2.45) is 5.92 Å². The van der Waals surface area contributed by atoms with Gasteiger partial charge in [0.2, 0.25) is 17.7 Å². The molecule has 1 fully saturated rings. The quantitative estimate of drug-likeness (QED) is 0.903. The number of hydrogen-bond donors (Lipinski definition) is 1. The SMILES string of the molecule is Cc1cnc(CNC(=O)C2CCCN(C(=O)Cc3ccccc3)C2)o1. The maximum Gasteiger partial charge on any atom is 0.227 e. The van der Waals surface area contributed by atoms with Gasteiger partial charge in [-0.3, -0.25) is 9.59 Å². The Kier molecular flexibility index (Phi) is 5.48. The fraction of sp³-hybridized carbons (Fsp3) is 0.421. The summed E-state index contributed by atoms with van der Waals surface area (Å²) >= 11 is 0. The number of oxazole rings is 1. The molecule has 1 atom stereocenters. The number of aromatic nitrogens is 1. The Bertz CT molecular complexity index is 727. The number of amides is 2. The van der Waals surface area contributed by atoms with Crippen LogP contribution in [-0.4, -0.2) is 34.8 Å². The van der Waals surface area contributed by atoms with Crippen LogP contribution < -0.4 is 5.32 Å². The van der Waals surface area contributed by atoms with Crippen molar-refractivity contribution in [3.05, 3.63) is 53.7 Å². The topological polar surface area (TPSA) is 75.4 Å². The lowest BCUT2D eigenvalue weighted by Gasteiger charge is -2.32. The van der Waals surface area contributed by atoms with Gasteiger partial charge in [0.1, 0.15) is 5.76 Å². The first-order chi connectivity index (χ1) is 12.1. The number of hydrogen-bond acceptors (Lipinski definition) is 4. The van der Waals surface area contributed by atoms with Gasteiger partial charge in [-0.25, -0.2) is 4.98 Å². The standard InChI is InChI=1S/C19H23N3O3/c1-14-11-20-17(25-14)12-21-19(24)16-8-5-9-22(13-16)18(23)10-15-6-3-2-4-7-15/h2-4,6-7,11,16H,5,8-10,12-13H2,1H3,(H,21,24). The number of aryl methyl sites for hydroxylation is 1. The Balaban J connectivity index is 1.51. The second-order valence-electron chi connectivity index (χ2n) is 6.42. The third kappa shape index (κ3) is 4.68. The number of nitrogens with one attached hydrogen (secondary N) is 1. The predicted molar refractivity (Wildman–Crippen MR) is 92.5 cm³/mol. The normalized spacial score (nSPS) is 17.3. The van der Waals surface area contributed by atoms with E-state index in [1.54, 1.807) is 11.1 Å². The van der Waals surface area contributed by atoms with Gasteiger partial charge in [-0.05, 0) is 25.3 Å². The molecule has 1 unspecified atom stereocenters. The molecule has 0 saturated carbocycles. The molecule has 2 amide bonds. The van der Waals surface area contributed by atoms with Crippen LogP contribution in [0.2, 0.25) is 0 Å². The maximum atomic E-state index is 12.5. The van der Waals surface area contributed by atoms with E-state index in [9.17, 15) is 9.59 Å². The molecule has 6 heteroatoms. The summed E-state index contributed by atoms with van der Waals surface area (Å²) in [4.78, 5) is 30.8. The first-order valence-electron chi connectivity index (χ1n) is 8.62. The Morgan fingerprint density at radius 2 is 2.12 bits per heavy atom. The van der Waals surface area contributed by atoms with E-state index in [4.69, 9.17) is 4.42 Å². The van der Waals surface area contributed by atoms with Gasteiger partial charge in [0, 0.05) is 13.1 Å². The van der Waals surface area contributed by atoms with Gasteiger partial charge in [-0.1, -0.05) is 30.3 Å². The second kappa shape index (κ2) is 7.96. The van der Waals surface area contributed by atoms with E-state index in [0.717, 1.165) is 24.2 Å². The molecule has 1 saturated heterocycles. The molecular weight excluding hydrogens is 318 g/mol. The average Bonchev–Trinajstić information content (AvgIpc) is 3.06. The molecule has 1 aromatic carbocycles. The molecule has 0 aliphatic carbocycles. The highest BCUT2D eigenvalue weighted by Gasteiger charge is 2.28. The van der Waals surface area contributed by atoms with Gasteiger partial charge in [0.25, 0.3) is 0 Å². The number of carbonyl (C=O) groups excluding carboxylic acids is 2. The highest BCUT2D eigenvalue weighted by Crippen LogP contribution is 2.18. The summed E-state index contributed by atoms with van der Waals surface area (Å²) in [5.74, 6) is 1.07. The van der Waals surface area contributed by atoms with Gasteiger partial charge < -0.3 is 14.6 Å². The fourth-order valence-corrected chi connectivity index (χ4v) is 3.09. The number of piperidine rings is 1. The zero-order valence-electron chi connectivity index (χ0n) is 14.4. The number of rotatable bonds is 5. The summed E-state index contributed by atoms with van der Waals surface area (Å²) in [6.45, 7) is 3.29. The maximum absolute atomic E-state index is 12.5. The first kappa shape index (κ1) is 17.2. The van der Waals surface area contributed by atoms with E-state index in [1.165, 1.54) is 0 Å². The monoisotopic (exact) mass is 341 g/mol. The first-order valence-corrected chi connectivity index (χ1v) is 8.62. The van der Waals surface area contributed by atoms with Crippen molar-refractivity contribution < 1.29 is 14.0 Å². The van der Waals surface area contributed by atoms with Crippen molar-refractivity contribution >= 4 is 11.8 Å². The second-order valence-corrected chi connectivity index (χ2v) is 6.42. The molecule has 0 radical (unpaired) electrons. The van der Waals surface area contributed by atoms with Gasteiger partial charge in [-0.2, -0.15) is 0 Å². The van der Waals surface area contributed by atoms with Crippen LogP contribution in [-0.2, 0) is 22.6 Å². The Hall–Kier alpha value is -2.63. The number of benzene rings is 1. The van der Waals surface area contributed by atoms with Crippen LogP contribution in [0.5, 0.6) is 0 Å². The lowest BCUT2D eigenvalue weighted by Crippen LogP contribution is -2.45. The van der Waals surface area contributed by atoms with Crippen LogP contribution in [0.25, 0.3) is 0 Å². The lowest BCUT2D eigenvalue weighted by atomic mass is 9.96. The minimum Gasteiger partial charge on any atom is -0.444 e. The minimum atomic E-state index is -0.176. The lowest BCUT2D eigenvalue weighted by molar-refractivity contribution is -0.135. The van der Waals surface area contributed by atoms with Gasteiger partial charge in [0.05, 0.1) is 25.1 Å². The molecule has 1 aromatic heterocycles. The molecule has 2 heterocycles. The van der Waals surface area contributed by atoms with E-state index in [2.05, 4.69) is 10.3 Å². The predicted octanol–water partition coefficient (Wildman–Crippen LogP) is 2.08. The Labute approximate surface area is 147 Å². The molecule has 0 spiro atoms. The molecule has 3 rings (SSSR count). The number of likely N-dealkylation sites (tertiary alicyclic amines) is 1. The molecule has 132 valence electrons. The number of nitrogens with zero attached hydrogens (tertiary/aromatic N) is 2. The van der Waals surface area contributed by atoms with Crippen molar-refractivity contribution in [2.75, 3.05) is 13.1 Å². The molecule has 0 bridgehead atoms. The summed E-state index contributed by atoms with van der Waals surface area (Å²) in [6.07, 6.45) is 3.65. The van der Waals surface area contributed by atoms with E-state index in [0.29, 0.717) is 25.4 Å². The third-order valence-corrected chi connectivity index (χ3v) is 4.43. The van der Waals surface area contributed by atoms with E-state index >= 15 is 0 Å². The van der Waals surface area contributed by atoms with Crippen molar-refractivity contribution in [1.82, 2.24) is 15.2 Å². The molecule has 1 N–H and O–H groups in total. The van der Waals surface area contributed by atoms with Crippen LogP contribution in [0.1, 0.15) is 30.1 Å². The number of carbonyl (C=O) groups is 2. The Morgan fingerprint density at radius 3 is 2.84 bits per heavy atom. The van der Waals surface area contributed by atoms with Gasteiger partial charge in [-0.15, -0.1) is 0 Å². The minimum absolute atomic E-state index is 0.0481. The Morgan fingerprint density at radius 1 is 1.32 bits per heavy atom. The van der Waals surface area contributed by atoms with Crippen molar-refractivity contribution in [3.63, 3.8) is 0 Å². The summed E-state index contributed by atoms with van der Waals surface area (Å²) < 4.78 is 5.36. The highest BCUT2D eigenvalue weighted by atomic mass is 16.4. The van der Waals surface area contributed by atoms with E-state index in [-0.39, 0.29) is 24.3 Å². The summed E-state index contributed by atoms with van der Waals surface area (Å²) in [7, 11) is 0. The molecule has 25 heavy (non-hydrogen) atoms. The average molecular weight is 341 g/mol. The largest absolute Gasteiger partial charge is 0.444 e. The van der Waals surface area contributed by atoms with Crippen LogP contribution in [0.4, 0.5) is 0 Å². The van der Waals surface area contributed by atoms with Crippen molar-refractivity contribution in [3.8, 4) is 0 Å². The van der Waals surface area contributed by atoms with Gasteiger partial charge in [0.15, 0.2) is 0 Å². The van der Waals surface area contributed by atoms with Crippen molar-refractivity contribution in [2.45, 2.75) is 32.7 Å². The van der Waals surface area contributed by atoms with Gasteiger partial charge >= 0.3 is 0 Å². The van der Waals surface area contributed by atoms with E-state index < -0.39 is 0 Å². The fourth-order valence-electron chi connectivity index (χ4n) is 3.09. The zero-order chi connectivity index (χ0) is 17.6. The van der Waals surface area contributed by atoms with Crippen LogP contribution in [0.3, 0.4) is 0 Å². The van der Waals surface area contributed by atoms with Crippen LogP contribution in [0, 0.1) is 12.8 Å². The van der Waals surface area contributed by atoms with Crippen molar-refractivity contribution in [1.29, 1.82) is 0 Å². The van der Waals surface area contributed by atoms with Crippen LogP contribution >= 0.6 is 0 Å². The van der Waals surface area contributed by atoms with Crippen LogP contribution in [0.15, 0.2) is 40.9 Å². The molecular formula is C19H23N3O3. The molecule has 1 aliphatic heterocycles.